The Morgan fingerprint density at radius 2 is 1.94 bits per heavy atom. The average Bonchev–Trinajstić information content (AvgIpc) is 3.33. The van der Waals surface area contributed by atoms with Gasteiger partial charge in [-0.3, -0.25) is 19.3 Å². The molecule has 170 valence electrons. The summed E-state index contributed by atoms with van der Waals surface area (Å²) in [5, 5.41) is 2.88. The van der Waals surface area contributed by atoms with E-state index >= 15 is 0 Å². The number of aromatic nitrogens is 2. The monoisotopic (exact) mass is 450 g/mol. The molecule has 1 aromatic heterocycles. The highest BCUT2D eigenvalue weighted by atomic mass is 19.1. The number of fused-ring (bicyclic) bond motifs is 1. The van der Waals surface area contributed by atoms with Crippen LogP contribution in [0.25, 0.3) is 0 Å². The fraction of sp³-hybridized carbons (Fsp3) is 0.250. The Labute approximate surface area is 190 Å². The zero-order valence-corrected chi connectivity index (χ0v) is 18.2. The van der Waals surface area contributed by atoms with E-state index in [2.05, 4.69) is 10.3 Å². The minimum absolute atomic E-state index is 0.185. The molecule has 1 aliphatic heterocycles. The molecular formula is C24H23FN4O4. The molecule has 0 bridgehead atoms. The fourth-order valence-corrected chi connectivity index (χ4v) is 3.85. The average molecular weight is 450 g/mol. The van der Waals surface area contributed by atoms with Crippen molar-refractivity contribution < 1.29 is 23.5 Å². The van der Waals surface area contributed by atoms with E-state index in [4.69, 9.17) is 4.74 Å². The summed E-state index contributed by atoms with van der Waals surface area (Å²) in [7, 11) is 3.33. The van der Waals surface area contributed by atoms with Gasteiger partial charge in [0, 0.05) is 45.3 Å². The first-order valence-electron chi connectivity index (χ1n) is 10.4. The van der Waals surface area contributed by atoms with Gasteiger partial charge < -0.3 is 14.6 Å². The quantitative estimate of drug-likeness (QED) is 0.421. The molecule has 0 spiro atoms. The first-order chi connectivity index (χ1) is 15.9. The van der Waals surface area contributed by atoms with E-state index in [0.717, 1.165) is 4.90 Å². The topological polar surface area (TPSA) is 93.5 Å². The van der Waals surface area contributed by atoms with Crippen LogP contribution in [0.1, 0.15) is 54.9 Å². The lowest BCUT2D eigenvalue weighted by molar-refractivity contribution is 0.0638. The van der Waals surface area contributed by atoms with Crippen LogP contribution in [0.5, 0.6) is 0 Å². The van der Waals surface area contributed by atoms with Crippen LogP contribution in [0.2, 0.25) is 0 Å². The largest absolute Gasteiger partial charge is 0.385 e. The van der Waals surface area contributed by atoms with Gasteiger partial charge in [-0.1, -0.05) is 12.1 Å². The van der Waals surface area contributed by atoms with Gasteiger partial charge in [0.2, 0.25) is 0 Å². The van der Waals surface area contributed by atoms with E-state index in [1.165, 1.54) is 30.3 Å². The molecule has 0 fully saturated rings. The van der Waals surface area contributed by atoms with Gasteiger partial charge in [0.15, 0.2) is 0 Å². The number of hydrogen-bond donors (Lipinski definition) is 1. The van der Waals surface area contributed by atoms with Crippen LogP contribution < -0.4 is 5.32 Å². The van der Waals surface area contributed by atoms with Crippen molar-refractivity contribution in [3.63, 3.8) is 0 Å². The lowest BCUT2D eigenvalue weighted by atomic mass is 10.0. The summed E-state index contributed by atoms with van der Waals surface area (Å²) in [6, 6.07) is 9.60. The third-order valence-corrected chi connectivity index (χ3v) is 5.54. The first kappa shape index (κ1) is 22.3. The predicted molar refractivity (Wildman–Crippen MR) is 117 cm³/mol. The van der Waals surface area contributed by atoms with Crippen molar-refractivity contribution in [2.24, 2.45) is 7.05 Å². The van der Waals surface area contributed by atoms with Crippen LogP contribution in [-0.4, -0.2) is 52.4 Å². The van der Waals surface area contributed by atoms with Crippen LogP contribution >= 0.6 is 0 Å². The van der Waals surface area contributed by atoms with E-state index in [-0.39, 0.29) is 29.1 Å². The fourth-order valence-electron chi connectivity index (χ4n) is 3.85. The number of amides is 3. The van der Waals surface area contributed by atoms with Crippen LogP contribution in [0.15, 0.2) is 54.9 Å². The van der Waals surface area contributed by atoms with Gasteiger partial charge in [-0.2, -0.15) is 0 Å². The number of nitrogens with zero attached hydrogens (tertiary/aromatic N) is 3. The predicted octanol–water partition coefficient (Wildman–Crippen LogP) is 2.71. The molecule has 2 heterocycles. The zero-order chi connectivity index (χ0) is 23.5. The van der Waals surface area contributed by atoms with Crippen molar-refractivity contribution >= 4 is 17.7 Å². The third kappa shape index (κ3) is 4.40. The van der Waals surface area contributed by atoms with Crippen LogP contribution in [0.4, 0.5) is 4.39 Å². The molecule has 9 heteroatoms. The van der Waals surface area contributed by atoms with Crippen molar-refractivity contribution in [2.75, 3.05) is 20.3 Å². The molecule has 33 heavy (non-hydrogen) atoms. The highest BCUT2D eigenvalue weighted by Crippen LogP contribution is 2.26. The lowest BCUT2D eigenvalue weighted by Crippen LogP contribution is -2.31. The Bertz CT molecular complexity index is 1220. The van der Waals surface area contributed by atoms with Crippen molar-refractivity contribution in [1.82, 2.24) is 19.8 Å². The maximum Gasteiger partial charge on any atom is 0.261 e. The minimum Gasteiger partial charge on any atom is -0.385 e. The Morgan fingerprint density at radius 3 is 2.64 bits per heavy atom. The molecular weight excluding hydrogens is 427 g/mol. The highest BCUT2D eigenvalue weighted by Gasteiger charge is 2.35. The molecule has 2 aromatic carbocycles. The highest BCUT2D eigenvalue weighted by molar-refractivity contribution is 6.22. The standard InChI is InChI=1S/C24H23FN4O4/c1-28-11-9-26-21(28)20(15-5-3-6-17(25)13-15)27-22(30)16-7-8-18-19(14-16)24(32)29(23(18)31)10-4-12-33-2/h3,5-9,11,13-14,20H,4,10,12H2,1-2H3,(H,27,30)/t20-/m0/s1. The molecule has 0 unspecified atom stereocenters. The minimum atomic E-state index is -0.718. The number of rotatable bonds is 8. The Morgan fingerprint density at radius 1 is 1.15 bits per heavy atom. The molecule has 0 saturated carbocycles. The number of carbonyl (C=O) groups excluding carboxylic acids is 3. The van der Waals surface area contributed by atoms with Gasteiger partial charge >= 0.3 is 0 Å². The Balaban J connectivity index is 1.60. The molecule has 3 aromatic rings. The van der Waals surface area contributed by atoms with E-state index in [1.54, 1.807) is 43.3 Å². The Kier molecular flexibility index (Phi) is 6.32. The molecule has 0 aliphatic carbocycles. The normalized spacial score (nSPS) is 13.8. The van der Waals surface area contributed by atoms with Crippen molar-refractivity contribution in [1.29, 1.82) is 0 Å². The molecule has 0 radical (unpaired) electrons. The van der Waals surface area contributed by atoms with Crippen LogP contribution in [0, 0.1) is 5.82 Å². The Hall–Kier alpha value is -3.85. The molecule has 4 rings (SSSR count). The molecule has 1 aliphatic rings. The second-order valence-corrected chi connectivity index (χ2v) is 7.73. The molecule has 0 saturated heterocycles. The van der Waals surface area contributed by atoms with Crippen molar-refractivity contribution in [3.8, 4) is 0 Å². The number of aryl methyl sites for hydroxylation is 1. The number of methoxy groups -OCH3 is 1. The van der Waals surface area contributed by atoms with Crippen LogP contribution in [0.3, 0.4) is 0 Å². The molecule has 3 amide bonds. The van der Waals surface area contributed by atoms with Crippen LogP contribution in [-0.2, 0) is 11.8 Å². The van der Waals surface area contributed by atoms with E-state index in [1.807, 2.05) is 0 Å². The summed E-state index contributed by atoms with van der Waals surface area (Å²) in [5.41, 5.74) is 1.18. The molecule has 1 N–H and O–H groups in total. The number of imidazole rings is 1. The summed E-state index contributed by atoms with van der Waals surface area (Å²) >= 11 is 0. The number of hydrogen-bond acceptors (Lipinski definition) is 5. The van der Waals surface area contributed by atoms with E-state index < -0.39 is 23.7 Å². The van der Waals surface area contributed by atoms with Gasteiger partial charge in [-0.25, -0.2) is 9.37 Å². The maximum atomic E-state index is 13.9. The summed E-state index contributed by atoms with van der Waals surface area (Å²) in [6.45, 7) is 0.665. The van der Waals surface area contributed by atoms with Gasteiger partial charge in [0.1, 0.15) is 17.7 Å². The number of ether oxygens (including phenoxy) is 1. The van der Waals surface area contributed by atoms with Gasteiger partial charge in [0.05, 0.1) is 11.1 Å². The van der Waals surface area contributed by atoms with Crippen molar-refractivity contribution in [3.05, 3.63) is 88.8 Å². The van der Waals surface area contributed by atoms with Gasteiger partial charge in [0.25, 0.3) is 17.7 Å². The number of halogens is 1. The van der Waals surface area contributed by atoms with Crippen molar-refractivity contribution in [2.45, 2.75) is 12.5 Å². The summed E-state index contributed by atoms with van der Waals surface area (Å²) in [4.78, 5) is 44.0. The number of benzene rings is 2. The second kappa shape index (κ2) is 9.33. The summed E-state index contributed by atoms with van der Waals surface area (Å²) in [5.74, 6) is -1.22. The number of carbonyl (C=O) groups is 3. The SMILES string of the molecule is COCCCN1C(=O)c2ccc(C(=O)N[C@@H](c3cccc(F)c3)c3nccn3C)cc2C1=O. The zero-order valence-electron chi connectivity index (χ0n) is 18.2. The molecule has 8 nitrogen and oxygen atoms in total. The first-order valence-corrected chi connectivity index (χ1v) is 10.4. The lowest BCUT2D eigenvalue weighted by Gasteiger charge is -2.19. The summed E-state index contributed by atoms with van der Waals surface area (Å²) < 4.78 is 20.6. The van der Waals surface area contributed by atoms with Gasteiger partial charge in [-0.05, 0) is 42.3 Å². The second-order valence-electron chi connectivity index (χ2n) is 7.73. The molecule has 1 atom stereocenters. The van der Waals surface area contributed by atoms with E-state index in [9.17, 15) is 18.8 Å². The summed E-state index contributed by atoms with van der Waals surface area (Å²) in [6.07, 6.45) is 3.84. The number of imide groups is 1. The smallest absolute Gasteiger partial charge is 0.261 e. The number of nitrogens with one attached hydrogen (secondary N) is 1. The van der Waals surface area contributed by atoms with E-state index in [0.29, 0.717) is 24.4 Å². The maximum absolute atomic E-state index is 13.9. The third-order valence-electron chi connectivity index (χ3n) is 5.54. The van der Waals surface area contributed by atoms with Gasteiger partial charge in [-0.15, -0.1) is 0 Å².